The highest BCUT2D eigenvalue weighted by molar-refractivity contribution is 8.00. The Morgan fingerprint density at radius 2 is 2.29 bits per heavy atom. The summed E-state index contributed by atoms with van der Waals surface area (Å²) < 4.78 is 15.1. The third-order valence-corrected chi connectivity index (χ3v) is 3.11. The second-order valence-corrected chi connectivity index (χ2v) is 5.13. The van der Waals surface area contributed by atoms with Gasteiger partial charge in [-0.15, -0.1) is 11.8 Å². The van der Waals surface area contributed by atoms with Crippen LogP contribution in [0.25, 0.3) is 0 Å². The van der Waals surface area contributed by atoms with E-state index in [2.05, 4.69) is 11.3 Å². The summed E-state index contributed by atoms with van der Waals surface area (Å²) in [6, 6.07) is 0. The van der Waals surface area contributed by atoms with Gasteiger partial charge in [0.25, 0.3) is 0 Å². The zero-order valence-electron chi connectivity index (χ0n) is 9.72. The first-order valence-electron chi connectivity index (χ1n) is 5.33. The molecule has 0 aromatic heterocycles. The molecule has 2 unspecified atom stereocenters. The lowest BCUT2D eigenvalue weighted by molar-refractivity contribution is -0.150. The van der Waals surface area contributed by atoms with Gasteiger partial charge >= 0.3 is 11.9 Å². The molecule has 0 saturated carbocycles. The predicted molar refractivity (Wildman–Crippen MR) is 63.5 cm³/mol. The maximum Gasteiger partial charge on any atom is 0.330 e. The van der Waals surface area contributed by atoms with Crippen LogP contribution in [0.4, 0.5) is 0 Å². The van der Waals surface area contributed by atoms with E-state index in [1.54, 1.807) is 11.8 Å². The van der Waals surface area contributed by atoms with Crippen molar-refractivity contribution in [2.75, 3.05) is 19.8 Å². The summed E-state index contributed by atoms with van der Waals surface area (Å²) in [7, 11) is 0. The van der Waals surface area contributed by atoms with Gasteiger partial charge in [-0.2, -0.15) is 0 Å². The lowest BCUT2D eigenvalue weighted by Crippen LogP contribution is -2.30. The molecule has 0 aliphatic carbocycles. The van der Waals surface area contributed by atoms with Gasteiger partial charge in [-0.3, -0.25) is 4.79 Å². The maximum absolute atomic E-state index is 11.4. The van der Waals surface area contributed by atoms with Gasteiger partial charge in [-0.05, 0) is 0 Å². The topological polar surface area (TPSA) is 61.8 Å². The first-order chi connectivity index (χ1) is 8.11. The van der Waals surface area contributed by atoms with Crippen molar-refractivity contribution in [3.8, 4) is 0 Å². The molecule has 0 bridgehead atoms. The average molecular weight is 260 g/mol. The van der Waals surface area contributed by atoms with Crippen molar-refractivity contribution in [1.29, 1.82) is 0 Å². The molecule has 1 aliphatic heterocycles. The average Bonchev–Trinajstić information content (AvgIpc) is 2.28. The summed E-state index contributed by atoms with van der Waals surface area (Å²) in [6.07, 6.45) is 1.10. The van der Waals surface area contributed by atoms with Crippen molar-refractivity contribution in [2.24, 2.45) is 0 Å². The normalized spacial score (nSPS) is 23.8. The summed E-state index contributed by atoms with van der Waals surface area (Å²) in [4.78, 5) is 22.1. The minimum atomic E-state index is -0.540. The van der Waals surface area contributed by atoms with Crippen LogP contribution in [0.15, 0.2) is 12.7 Å². The monoisotopic (exact) mass is 260 g/mol. The summed E-state index contributed by atoms with van der Waals surface area (Å²) in [5.41, 5.74) is -0.263. The number of hydrogen-bond donors (Lipinski definition) is 0. The number of rotatable bonds is 5. The SMILES string of the molecule is C=CC(=O)OCCC(=O)OC1COCC(C)S1. The van der Waals surface area contributed by atoms with Crippen molar-refractivity contribution < 1.29 is 23.8 Å². The van der Waals surface area contributed by atoms with Crippen LogP contribution in [0.3, 0.4) is 0 Å². The van der Waals surface area contributed by atoms with Crippen molar-refractivity contribution in [2.45, 2.75) is 24.0 Å². The Bertz CT molecular complexity index is 292. The zero-order chi connectivity index (χ0) is 12.7. The molecular formula is C11H16O5S. The van der Waals surface area contributed by atoms with Crippen LogP contribution in [0.2, 0.25) is 0 Å². The van der Waals surface area contributed by atoms with Crippen molar-refractivity contribution >= 4 is 23.7 Å². The van der Waals surface area contributed by atoms with Gasteiger partial charge < -0.3 is 14.2 Å². The van der Waals surface area contributed by atoms with Gasteiger partial charge in [-0.1, -0.05) is 13.5 Å². The zero-order valence-corrected chi connectivity index (χ0v) is 10.5. The molecule has 0 aromatic carbocycles. The molecule has 1 heterocycles. The number of carbonyl (C=O) groups is 2. The quantitative estimate of drug-likeness (QED) is 0.545. The van der Waals surface area contributed by atoms with E-state index in [1.165, 1.54) is 0 Å². The third-order valence-electron chi connectivity index (χ3n) is 1.97. The molecular weight excluding hydrogens is 244 g/mol. The highest BCUT2D eigenvalue weighted by Gasteiger charge is 2.23. The first kappa shape index (κ1) is 14.1. The van der Waals surface area contributed by atoms with Crippen LogP contribution in [0, 0.1) is 0 Å². The van der Waals surface area contributed by atoms with Gasteiger partial charge in [-0.25, -0.2) is 4.79 Å². The second kappa shape index (κ2) is 7.34. The largest absolute Gasteiger partial charge is 0.462 e. The Kier molecular flexibility index (Phi) is 6.07. The van der Waals surface area contributed by atoms with Crippen LogP contribution >= 0.6 is 11.8 Å². The molecule has 2 atom stereocenters. The van der Waals surface area contributed by atoms with Crippen LogP contribution < -0.4 is 0 Å². The van der Waals surface area contributed by atoms with Gasteiger partial charge in [0.1, 0.15) is 6.61 Å². The van der Waals surface area contributed by atoms with Gasteiger partial charge in [0.2, 0.25) is 0 Å². The number of thioether (sulfide) groups is 1. The number of hydrogen-bond acceptors (Lipinski definition) is 6. The number of carbonyl (C=O) groups excluding carboxylic acids is 2. The van der Waals surface area contributed by atoms with Crippen LogP contribution in [-0.4, -0.2) is 42.4 Å². The molecule has 1 fully saturated rings. The molecule has 96 valence electrons. The van der Waals surface area contributed by atoms with Crippen LogP contribution in [-0.2, 0) is 23.8 Å². The van der Waals surface area contributed by atoms with E-state index in [0.29, 0.717) is 18.5 Å². The molecule has 0 N–H and O–H groups in total. The molecule has 0 amide bonds. The predicted octanol–water partition coefficient (Wildman–Crippen LogP) is 1.13. The standard InChI is InChI=1S/C11H16O5S/c1-3-9(12)15-5-4-10(13)16-11-7-14-6-8(2)17-11/h3,8,11H,1,4-7H2,2H3. The van der Waals surface area contributed by atoms with E-state index < -0.39 is 11.9 Å². The van der Waals surface area contributed by atoms with Crippen LogP contribution in [0.1, 0.15) is 13.3 Å². The Morgan fingerprint density at radius 1 is 1.53 bits per heavy atom. The van der Waals surface area contributed by atoms with Crippen LogP contribution in [0.5, 0.6) is 0 Å². The van der Waals surface area contributed by atoms with Gasteiger partial charge in [0.05, 0.1) is 19.6 Å². The molecule has 1 rings (SSSR count). The molecule has 0 aromatic rings. The smallest absolute Gasteiger partial charge is 0.330 e. The minimum absolute atomic E-state index is 0.0114. The molecule has 1 saturated heterocycles. The summed E-state index contributed by atoms with van der Waals surface area (Å²) in [6.45, 7) is 6.36. The van der Waals surface area contributed by atoms with Crippen molar-refractivity contribution in [3.63, 3.8) is 0 Å². The van der Waals surface area contributed by atoms with E-state index in [1.807, 2.05) is 6.92 Å². The Balaban J connectivity index is 2.15. The fourth-order valence-corrected chi connectivity index (χ4v) is 2.26. The Morgan fingerprint density at radius 3 is 2.94 bits per heavy atom. The summed E-state index contributed by atoms with van der Waals surface area (Å²) >= 11 is 1.57. The molecule has 6 heteroatoms. The fraction of sp³-hybridized carbons (Fsp3) is 0.636. The van der Waals surface area contributed by atoms with E-state index in [9.17, 15) is 9.59 Å². The lowest BCUT2D eigenvalue weighted by atomic mass is 10.4. The number of esters is 2. The van der Waals surface area contributed by atoms with E-state index in [0.717, 1.165) is 6.08 Å². The van der Waals surface area contributed by atoms with Gasteiger partial charge in [0, 0.05) is 11.3 Å². The Labute approximate surface area is 104 Å². The first-order valence-corrected chi connectivity index (χ1v) is 6.28. The summed E-state index contributed by atoms with van der Waals surface area (Å²) in [5, 5.41) is 0.320. The molecule has 5 nitrogen and oxygen atoms in total. The van der Waals surface area contributed by atoms with Crippen molar-refractivity contribution in [1.82, 2.24) is 0 Å². The summed E-state index contributed by atoms with van der Waals surface area (Å²) in [5.74, 6) is -0.932. The lowest BCUT2D eigenvalue weighted by Gasteiger charge is -2.26. The van der Waals surface area contributed by atoms with E-state index >= 15 is 0 Å². The highest BCUT2D eigenvalue weighted by atomic mass is 32.2. The maximum atomic E-state index is 11.4. The molecule has 1 aliphatic rings. The van der Waals surface area contributed by atoms with Crippen molar-refractivity contribution in [3.05, 3.63) is 12.7 Å². The second-order valence-electron chi connectivity index (χ2n) is 3.53. The van der Waals surface area contributed by atoms with E-state index in [-0.39, 0.29) is 18.5 Å². The Hall–Kier alpha value is -1.01. The fourth-order valence-electron chi connectivity index (χ4n) is 1.23. The molecule has 0 radical (unpaired) electrons. The van der Waals surface area contributed by atoms with Gasteiger partial charge in [0.15, 0.2) is 5.44 Å². The third kappa shape index (κ3) is 5.74. The minimum Gasteiger partial charge on any atom is -0.462 e. The highest BCUT2D eigenvalue weighted by Crippen LogP contribution is 2.24. The molecule has 0 spiro atoms. The van der Waals surface area contributed by atoms with E-state index in [4.69, 9.17) is 9.47 Å². The molecule has 17 heavy (non-hydrogen) atoms. The number of ether oxygens (including phenoxy) is 3.